The number of hydrogen-bond donors (Lipinski definition) is 1. The van der Waals surface area contributed by atoms with Crippen LogP contribution in [0, 0.1) is 0 Å². The third-order valence-electron chi connectivity index (χ3n) is 0. The molecule has 0 bridgehead atoms. The average Bonchev–Trinajstić information content (AvgIpc) is 0.811. The van der Waals surface area contributed by atoms with Crippen molar-refractivity contribution in [2.24, 2.45) is 0 Å². The van der Waals surface area contributed by atoms with E-state index in [1.54, 1.807) is 0 Å². The first-order valence-corrected chi connectivity index (χ1v) is 1.55. The molecular weight excluding hydrogens is 96.1 g/mol. The summed E-state index contributed by atoms with van der Waals surface area (Å²) in [4.78, 5) is 0. The standard InChI is InChI=1S/H2O3S.H2O/c1-4(2)3;/h(H2,1,2,3);1H2/p-1. The van der Waals surface area contributed by atoms with Crippen LogP contribution in [0.4, 0.5) is 0 Å². The van der Waals surface area contributed by atoms with E-state index in [9.17, 15) is 0 Å². The summed E-state index contributed by atoms with van der Waals surface area (Å²) in [5, 5.41) is 0. The molecule has 0 aromatic heterocycles. The van der Waals surface area contributed by atoms with Gasteiger partial charge in [0, 0.05) is 0 Å². The molecule has 0 heterocycles. The minimum Gasteiger partial charge on any atom is -0.750 e. The van der Waals surface area contributed by atoms with Crippen molar-refractivity contribution in [1.29, 1.82) is 0 Å². The van der Waals surface area contributed by atoms with Crippen LogP contribution in [0.5, 0.6) is 0 Å². The number of rotatable bonds is 0. The molecule has 5 heavy (non-hydrogen) atoms. The van der Waals surface area contributed by atoms with Crippen molar-refractivity contribution in [3.8, 4) is 0 Å². The molecule has 0 saturated carbocycles. The molecule has 0 saturated heterocycles. The van der Waals surface area contributed by atoms with Crippen LogP contribution < -0.4 is 0 Å². The Bertz CT molecular complexity index is 26.6. The summed E-state index contributed by atoms with van der Waals surface area (Å²) < 4.78 is 24.1. The van der Waals surface area contributed by atoms with Crippen molar-refractivity contribution in [2.75, 3.05) is 0 Å². The Balaban J connectivity index is 0. The van der Waals surface area contributed by atoms with E-state index < -0.39 is 11.4 Å². The van der Waals surface area contributed by atoms with E-state index in [1.807, 2.05) is 0 Å². The van der Waals surface area contributed by atoms with Gasteiger partial charge in [-0.25, -0.2) is 4.21 Å². The van der Waals surface area contributed by atoms with E-state index in [0.717, 1.165) is 0 Å². The molecule has 3 N–H and O–H groups in total. The first-order chi connectivity index (χ1) is 1.73. The maximum Gasteiger partial charge on any atom is 0.0814 e. The number of hydrogen-bond acceptors (Lipinski definition) is 2. The van der Waals surface area contributed by atoms with Crippen LogP contribution >= 0.6 is 0 Å². The van der Waals surface area contributed by atoms with Crippen molar-refractivity contribution in [3.63, 3.8) is 0 Å². The molecule has 4 nitrogen and oxygen atoms in total. The molecule has 0 amide bonds. The first-order valence-electron chi connectivity index (χ1n) is 0.516. The molecule has 1 atom stereocenters. The Labute approximate surface area is 31.2 Å². The van der Waals surface area contributed by atoms with Gasteiger partial charge in [-0.05, 0) is 0 Å². The van der Waals surface area contributed by atoms with E-state index in [4.69, 9.17) is 13.3 Å². The maximum atomic E-state index is 8.56. The summed E-state index contributed by atoms with van der Waals surface area (Å²) in [5.74, 6) is 0. The molecule has 0 aromatic carbocycles. The lowest BCUT2D eigenvalue weighted by Crippen LogP contribution is -1.75. The van der Waals surface area contributed by atoms with Crippen LogP contribution in [0.25, 0.3) is 0 Å². The highest BCUT2D eigenvalue weighted by molar-refractivity contribution is 7.73. The van der Waals surface area contributed by atoms with Gasteiger partial charge >= 0.3 is 0 Å². The summed E-state index contributed by atoms with van der Waals surface area (Å²) in [5.41, 5.74) is 0. The first kappa shape index (κ1) is 8.90. The van der Waals surface area contributed by atoms with Gasteiger partial charge in [0.2, 0.25) is 0 Å². The van der Waals surface area contributed by atoms with Crippen LogP contribution in [0.2, 0.25) is 0 Å². The van der Waals surface area contributed by atoms with E-state index in [-0.39, 0.29) is 5.48 Å². The van der Waals surface area contributed by atoms with Gasteiger partial charge in [0.05, 0.1) is 11.4 Å². The second kappa shape index (κ2) is 4.03. The second-order valence-electron chi connectivity index (χ2n) is 0.217. The van der Waals surface area contributed by atoms with Crippen molar-refractivity contribution in [1.82, 2.24) is 0 Å². The molecule has 0 aromatic rings. The fourth-order valence-corrected chi connectivity index (χ4v) is 0. The van der Waals surface area contributed by atoms with Crippen molar-refractivity contribution in [3.05, 3.63) is 0 Å². The van der Waals surface area contributed by atoms with Crippen molar-refractivity contribution in [2.45, 2.75) is 0 Å². The van der Waals surface area contributed by atoms with Crippen LogP contribution in [-0.4, -0.2) is 18.8 Å². The van der Waals surface area contributed by atoms with E-state index in [1.165, 1.54) is 0 Å². The lowest BCUT2D eigenvalue weighted by Gasteiger charge is -1.83. The highest BCUT2D eigenvalue weighted by atomic mass is 32.2. The fourth-order valence-electron chi connectivity index (χ4n) is 0. The second-order valence-corrected chi connectivity index (χ2v) is 0.651. The smallest absolute Gasteiger partial charge is 0.0814 e. The Morgan fingerprint density at radius 1 is 1.80 bits per heavy atom. The molecule has 0 rings (SSSR count). The molecule has 0 aliphatic rings. The summed E-state index contributed by atoms with van der Waals surface area (Å²) >= 11 is -2.86. The lowest BCUT2D eigenvalue weighted by atomic mass is 15.8. The molecule has 5 heteroatoms. The quantitative estimate of drug-likeness (QED) is 0.375. The molecule has 0 aliphatic heterocycles. The highest BCUT2D eigenvalue weighted by Crippen LogP contribution is 1.43. The van der Waals surface area contributed by atoms with Gasteiger partial charge in [-0.3, -0.25) is 0 Å². The fraction of sp³-hybridized carbons (Fsp3) is 0. The zero-order chi connectivity index (χ0) is 3.58. The lowest BCUT2D eigenvalue weighted by molar-refractivity contribution is 0.436. The van der Waals surface area contributed by atoms with E-state index >= 15 is 0 Å². The van der Waals surface area contributed by atoms with Crippen LogP contribution in [0.15, 0.2) is 0 Å². The van der Waals surface area contributed by atoms with Gasteiger partial charge in [-0.2, -0.15) is 0 Å². The van der Waals surface area contributed by atoms with Crippen molar-refractivity contribution >= 4 is 11.4 Å². The molecule has 0 spiro atoms. The Morgan fingerprint density at radius 3 is 1.80 bits per heavy atom. The monoisotopic (exact) mass is 99.0 g/mol. The summed E-state index contributed by atoms with van der Waals surface area (Å²) in [6.07, 6.45) is 0. The predicted molar refractivity (Wildman–Crippen MR) is 15.2 cm³/mol. The van der Waals surface area contributed by atoms with Crippen molar-refractivity contribution < 1.29 is 18.8 Å². The van der Waals surface area contributed by atoms with Crippen LogP contribution in [0.1, 0.15) is 0 Å². The maximum absolute atomic E-state index is 8.56. The van der Waals surface area contributed by atoms with Crippen LogP contribution in [-0.2, 0) is 11.4 Å². The van der Waals surface area contributed by atoms with Gasteiger partial charge in [-0.1, -0.05) is 0 Å². The topological polar surface area (TPSA) is 91.9 Å². The summed E-state index contributed by atoms with van der Waals surface area (Å²) in [6.45, 7) is 0. The zero-order valence-electron chi connectivity index (χ0n) is 2.17. The van der Waals surface area contributed by atoms with Gasteiger partial charge in [0.1, 0.15) is 0 Å². The van der Waals surface area contributed by atoms with Gasteiger partial charge in [-0.15, -0.1) is 0 Å². The molecule has 0 radical (unpaired) electrons. The highest BCUT2D eigenvalue weighted by Gasteiger charge is 1.42. The Hall–Kier alpha value is 0.0300. The Morgan fingerprint density at radius 2 is 1.80 bits per heavy atom. The molecule has 0 fully saturated rings. The zero-order valence-corrected chi connectivity index (χ0v) is 2.99. The SMILES string of the molecule is O.O=S([O-])O. The van der Waals surface area contributed by atoms with E-state index in [2.05, 4.69) is 0 Å². The average molecular weight is 99.1 g/mol. The molecule has 34 valence electrons. The van der Waals surface area contributed by atoms with Gasteiger partial charge < -0.3 is 14.6 Å². The third kappa shape index (κ3) is 18500. The largest absolute Gasteiger partial charge is 0.750 e. The summed E-state index contributed by atoms with van der Waals surface area (Å²) in [6, 6.07) is 0. The minimum absolute atomic E-state index is 0. The van der Waals surface area contributed by atoms with Gasteiger partial charge in [0.25, 0.3) is 0 Å². The minimum atomic E-state index is -2.86. The van der Waals surface area contributed by atoms with Gasteiger partial charge in [0.15, 0.2) is 0 Å². The predicted octanol–water partition coefficient (Wildman–Crippen LogP) is -1.49. The molecule has 1 unspecified atom stereocenters. The molecular formula is H3O4S-. The van der Waals surface area contributed by atoms with E-state index in [0.29, 0.717) is 0 Å². The molecule has 0 aliphatic carbocycles. The Kier molecular flexibility index (Phi) is 7.17. The summed E-state index contributed by atoms with van der Waals surface area (Å²) in [7, 11) is 0. The van der Waals surface area contributed by atoms with Crippen LogP contribution in [0.3, 0.4) is 0 Å². The normalized spacial score (nSPS) is 12.4. The third-order valence-corrected chi connectivity index (χ3v) is 0.